The summed E-state index contributed by atoms with van der Waals surface area (Å²) in [5.74, 6) is -3.51. The first-order valence-electron chi connectivity index (χ1n) is 5.13. The molecular weight excluding hydrogens is 278 g/mol. The third-order valence-corrected chi connectivity index (χ3v) is 2.61. The van der Waals surface area contributed by atoms with Gasteiger partial charge < -0.3 is 9.84 Å². The Morgan fingerprint density at radius 3 is 2.53 bits per heavy atom. The average Bonchev–Trinajstić information content (AvgIpc) is 2.37. The molecule has 0 aliphatic heterocycles. The topological polar surface area (TPSA) is 46.5 Å². The molecule has 2 rings (SSSR count). The lowest BCUT2D eigenvalue weighted by molar-refractivity contribution is 0.0696. The predicted octanol–water partition coefficient (Wildman–Crippen LogP) is 4.11. The van der Waals surface area contributed by atoms with Gasteiger partial charge in [0.05, 0.1) is 10.6 Å². The van der Waals surface area contributed by atoms with Crippen molar-refractivity contribution in [2.75, 3.05) is 0 Å². The van der Waals surface area contributed by atoms with Crippen LogP contribution in [0.5, 0.6) is 11.5 Å². The Morgan fingerprint density at radius 2 is 1.89 bits per heavy atom. The SMILES string of the molecule is O=C(O)c1ccc(Oc2cccc(Cl)c2F)c(F)c1. The fourth-order valence-electron chi connectivity index (χ4n) is 1.40. The molecule has 0 saturated carbocycles. The molecule has 0 radical (unpaired) electrons. The van der Waals surface area contributed by atoms with E-state index in [1.54, 1.807) is 0 Å². The van der Waals surface area contributed by atoms with Crippen LogP contribution in [0.25, 0.3) is 0 Å². The van der Waals surface area contributed by atoms with Crippen LogP contribution >= 0.6 is 11.6 Å². The lowest BCUT2D eigenvalue weighted by Gasteiger charge is -2.08. The van der Waals surface area contributed by atoms with Gasteiger partial charge in [-0.2, -0.15) is 0 Å². The van der Waals surface area contributed by atoms with Crippen LogP contribution in [0.1, 0.15) is 10.4 Å². The number of aromatic carboxylic acids is 1. The van der Waals surface area contributed by atoms with Gasteiger partial charge in [-0.1, -0.05) is 17.7 Å². The molecule has 0 unspecified atom stereocenters. The van der Waals surface area contributed by atoms with E-state index >= 15 is 0 Å². The minimum absolute atomic E-state index is 0.153. The molecule has 2 aromatic rings. The Hall–Kier alpha value is -2.14. The molecule has 0 atom stereocenters. The lowest BCUT2D eigenvalue weighted by atomic mass is 10.2. The van der Waals surface area contributed by atoms with E-state index in [1.165, 1.54) is 18.2 Å². The van der Waals surface area contributed by atoms with Gasteiger partial charge in [-0.05, 0) is 30.3 Å². The smallest absolute Gasteiger partial charge is 0.335 e. The number of carboxylic acid groups (broad SMARTS) is 1. The Labute approximate surface area is 112 Å². The molecule has 0 amide bonds. The third-order valence-electron chi connectivity index (χ3n) is 2.31. The highest BCUT2D eigenvalue weighted by molar-refractivity contribution is 6.30. The summed E-state index contributed by atoms with van der Waals surface area (Å²) in [6.45, 7) is 0. The number of hydrogen-bond donors (Lipinski definition) is 1. The highest BCUT2D eigenvalue weighted by Gasteiger charge is 2.13. The van der Waals surface area contributed by atoms with Crippen LogP contribution in [0.4, 0.5) is 8.78 Å². The maximum absolute atomic E-state index is 13.6. The van der Waals surface area contributed by atoms with E-state index < -0.39 is 17.6 Å². The predicted molar refractivity (Wildman–Crippen MR) is 64.8 cm³/mol. The molecule has 3 nitrogen and oxygen atoms in total. The van der Waals surface area contributed by atoms with E-state index in [2.05, 4.69) is 0 Å². The molecule has 0 heterocycles. The first-order chi connectivity index (χ1) is 8.99. The Bertz CT molecular complexity index is 644. The quantitative estimate of drug-likeness (QED) is 0.922. The molecule has 0 fully saturated rings. The zero-order valence-corrected chi connectivity index (χ0v) is 10.1. The lowest BCUT2D eigenvalue weighted by Crippen LogP contribution is -1.98. The normalized spacial score (nSPS) is 10.3. The molecule has 0 saturated heterocycles. The first kappa shape index (κ1) is 13.3. The number of carboxylic acids is 1. The van der Waals surface area contributed by atoms with Gasteiger partial charge in [0.1, 0.15) is 0 Å². The van der Waals surface area contributed by atoms with Gasteiger partial charge in [-0.15, -0.1) is 0 Å². The summed E-state index contributed by atoms with van der Waals surface area (Å²) in [6, 6.07) is 7.12. The van der Waals surface area contributed by atoms with Crippen LogP contribution in [-0.2, 0) is 0 Å². The fourth-order valence-corrected chi connectivity index (χ4v) is 1.56. The monoisotopic (exact) mass is 284 g/mol. The second-order valence-electron chi connectivity index (χ2n) is 3.60. The highest BCUT2D eigenvalue weighted by atomic mass is 35.5. The molecule has 1 N–H and O–H groups in total. The van der Waals surface area contributed by atoms with Gasteiger partial charge in [-0.3, -0.25) is 0 Å². The molecule has 0 aliphatic rings. The average molecular weight is 285 g/mol. The van der Waals surface area contributed by atoms with Crippen LogP contribution in [0.3, 0.4) is 0 Å². The summed E-state index contributed by atoms with van der Waals surface area (Å²) in [7, 11) is 0. The van der Waals surface area contributed by atoms with E-state index in [4.69, 9.17) is 21.4 Å². The standard InChI is InChI=1S/C13H7ClF2O3/c14-8-2-1-3-11(12(8)16)19-10-5-4-7(13(17)18)6-9(10)15/h1-6H,(H,17,18). The van der Waals surface area contributed by atoms with Crippen molar-refractivity contribution < 1.29 is 23.4 Å². The molecule has 0 aliphatic carbocycles. The van der Waals surface area contributed by atoms with Gasteiger partial charge in [-0.25, -0.2) is 13.6 Å². The summed E-state index contributed by atoms with van der Waals surface area (Å²) in [5.41, 5.74) is -0.226. The first-order valence-corrected chi connectivity index (χ1v) is 5.51. The number of halogens is 3. The van der Waals surface area contributed by atoms with Gasteiger partial charge in [0.2, 0.25) is 0 Å². The third kappa shape index (κ3) is 2.82. The van der Waals surface area contributed by atoms with E-state index in [0.717, 1.165) is 18.2 Å². The summed E-state index contributed by atoms with van der Waals surface area (Å²) >= 11 is 5.56. The minimum atomic E-state index is -1.26. The van der Waals surface area contributed by atoms with Crippen LogP contribution < -0.4 is 4.74 Å². The molecule has 6 heteroatoms. The van der Waals surface area contributed by atoms with Crippen molar-refractivity contribution in [3.05, 3.63) is 58.6 Å². The Kier molecular flexibility index (Phi) is 3.66. The maximum atomic E-state index is 13.6. The second kappa shape index (κ2) is 5.24. The van der Waals surface area contributed by atoms with Crippen LogP contribution in [0.15, 0.2) is 36.4 Å². The largest absolute Gasteiger partial charge is 0.478 e. The zero-order valence-electron chi connectivity index (χ0n) is 9.36. The van der Waals surface area contributed by atoms with Crippen molar-refractivity contribution in [2.45, 2.75) is 0 Å². The van der Waals surface area contributed by atoms with Crippen molar-refractivity contribution in [3.8, 4) is 11.5 Å². The van der Waals surface area contributed by atoms with Crippen LogP contribution in [0, 0.1) is 11.6 Å². The molecule has 0 bridgehead atoms. The van der Waals surface area contributed by atoms with E-state index in [1.807, 2.05) is 0 Å². The summed E-state index contributed by atoms with van der Waals surface area (Å²) in [6.07, 6.45) is 0. The molecule has 2 aromatic carbocycles. The molecular formula is C13H7ClF2O3. The number of hydrogen-bond acceptors (Lipinski definition) is 2. The number of benzene rings is 2. The molecule has 98 valence electrons. The van der Waals surface area contributed by atoms with E-state index in [-0.39, 0.29) is 22.1 Å². The summed E-state index contributed by atoms with van der Waals surface area (Å²) in [4.78, 5) is 10.6. The minimum Gasteiger partial charge on any atom is -0.478 e. The summed E-state index contributed by atoms with van der Waals surface area (Å²) in [5, 5.41) is 8.53. The summed E-state index contributed by atoms with van der Waals surface area (Å²) < 4.78 is 32.2. The maximum Gasteiger partial charge on any atom is 0.335 e. The highest BCUT2D eigenvalue weighted by Crippen LogP contribution is 2.30. The number of ether oxygens (including phenoxy) is 1. The zero-order chi connectivity index (χ0) is 14.0. The van der Waals surface area contributed by atoms with Crippen molar-refractivity contribution in [1.29, 1.82) is 0 Å². The Morgan fingerprint density at radius 1 is 1.16 bits per heavy atom. The van der Waals surface area contributed by atoms with Crippen LogP contribution in [0.2, 0.25) is 5.02 Å². The van der Waals surface area contributed by atoms with E-state index in [0.29, 0.717) is 0 Å². The molecule has 0 spiro atoms. The van der Waals surface area contributed by atoms with Crippen molar-refractivity contribution in [1.82, 2.24) is 0 Å². The van der Waals surface area contributed by atoms with Gasteiger partial charge in [0, 0.05) is 0 Å². The van der Waals surface area contributed by atoms with E-state index in [9.17, 15) is 13.6 Å². The van der Waals surface area contributed by atoms with Gasteiger partial charge >= 0.3 is 5.97 Å². The number of rotatable bonds is 3. The molecule has 0 aromatic heterocycles. The Balaban J connectivity index is 2.34. The van der Waals surface area contributed by atoms with Gasteiger partial charge in [0.25, 0.3) is 0 Å². The fraction of sp³-hybridized carbons (Fsp3) is 0. The van der Waals surface area contributed by atoms with Crippen LogP contribution in [-0.4, -0.2) is 11.1 Å². The van der Waals surface area contributed by atoms with Gasteiger partial charge in [0.15, 0.2) is 23.1 Å². The molecule has 19 heavy (non-hydrogen) atoms. The second-order valence-corrected chi connectivity index (χ2v) is 4.01. The van der Waals surface area contributed by atoms with Crippen molar-refractivity contribution in [2.24, 2.45) is 0 Å². The van der Waals surface area contributed by atoms with Crippen molar-refractivity contribution >= 4 is 17.6 Å². The number of carbonyl (C=O) groups is 1. The van der Waals surface area contributed by atoms with Crippen molar-refractivity contribution in [3.63, 3.8) is 0 Å².